The lowest BCUT2D eigenvalue weighted by atomic mass is 10.0. The van der Waals surface area contributed by atoms with Crippen molar-refractivity contribution in [2.45, 2.75) is 65.0 Å². The molecule has 2 rings (SSSR count). The fraction of sp³-hybridized carbons (Fsp3) is 1.00. The van der Waals surface area contributed by atoms with E-state index in [1.807, 2.05) is 0 Å². The molecule has 2 fully saturated rings. The molecule has 100 valence electrons. The third-order valence-electron chi connectivity index (χ3n) is 4.11. The van der Waals surface area contributed by atoms with Crippen molar-refractivity contribution in [2.75, 3.05) is 19.6 Å². The van der Waals surface area contributed by atoms with Crippen LogP contribution >= 0.6 is 0 Å². The Labute approximate surface area is 107 Å². The van der Waals surface area contributed by atoms with Gasteiger partial charge in [0.05, 0.1) is 0 Å². The van der Waals surface area contributed by atoms with Crippen molar-refractivity contribution in [3.05, 3.63) is 0 Å². The molecule has 1 unspecified atom stereocenters. The lowest BCUT2D eigenvalue weighted by molar-refractivity contribution is 0.174. The Kier molecular flexibility index (Phi) is 4.87. The van der Waals surface area contributed by atoms with E-state index < -0.39 is 0 Å². The Hall–Kier alpha value is -0.0800. The minimum absolute atomic E-state index is 0.740. The van der Waals surface area contributed by atoms with Crippen LogP contribution in [0.3, 0.4) is 0 Å². The quantitative estimate of drug-likeness (QED) is 0.765. The van der Waals surface area contributed by atoms with Gasteiger partial charge < -0.3 is 10.2 Å². The highest BCUT2D eigenvalue weighted by atomic mass is 15.1. The minimum atomic E-state index is 0.740. The summed E-state index contributed by atoms with van der Waals surface area (Å²) in [7, 11) is 0. The van der Waals surface area contributed by atoms with Crippen molar-refractivity contribution in [3.8, 4) is 0 Å². The van der Waals surface area contributed by atoms with Gasteiger partial charge in [0.1, 0.15) is 0 Å². The summed E-state index contributed by atoms with van der Waals surface area (Å²) < 4.78 is 0. The zero-order valence-electron chi connectivity index (χ0n) is 11.9. The van der Waals surface area contributed by atoms with Crippen LogP contribution in [0.15, 0.2) is 0 Å². The van der Waals surface area contributed by atoms with Crippen molar-refractivity contribution >= 4 is 0 Å². The molecule has 2 heteroatoms. The summed E-state index contributed by atoms with van der Waals surface area (Å²) in [5.74, 6) is 1.87. The maximum absolute atomic E-state index is 3.84. The topological polar surface area (TPSA) is 15.3 Å². The van der Waals surface area contributed by atoms with E-state index in [1.165, 1.54) is 51.7 Å². The third kappa shape index (κ3) is 4.97. The molecule has 1 saturated heterocycles. The predicted octanol–water partition coefficient (Wildman–Crippen LogP) is 2.89. The van der Waals surface area contributed by atoms with E-state index in [0.717, 1.165) is 23.9 Å². The highest BCUT2D eigenvalue weighted by Crippen LogP contribution is 2.33. The Morgan fingerprint density at radius 1 is 1.06 bits per heavy atom. The van der Waals surface area contributed by atoms with E-state index in [0.29, 0.717) is 0 Å². The van der Waals surface area contributed by atoms with Crippen LogP contribution in [-0.4, -0.2) is 36.6 Å². The molecular formula is C15H30N2. The van der Waals surface area contributed by atoms with E-state index in [1.54, 1.807) is 0 Å². The Bertz CT molecular complexity index is 215. The summed E-state index contributed by atoms with van der Waals surface area (Å²) >= 11 is 0. The maximum atomic E-state index is 3.84. The molecule has 0 amide bonds. The zero-order chi connectivity index (χ0) is 12.3. The molecule has 0 aromatic heterocycles. The number of rotatable bonds is 6. The normalized spacial score (nSPS) is 25.4. The van der Waals surface area contributed by atoms with E-state index >= 15 is 0 Å². The molecule has 2 nitrogen and oxygen atoms in total. The average Bonchev–Trinajstić information content (AvgIpc) is 3.04. The molecule has 1 aliphatic heterocycles. The molecular weight excluding hydrogens is 208 g/mol. The number of likely N-dealkylation sites (tertiary alicyclic amines) is 1. The summed E-state index contributed by atoms with van der Waals surface area (Å²) in [6, 6.07) is 1.52. The lowest BCUT2D eigenvalue weighted by Gasteiger charge is -2.34. The first-order chi connectivity index (χ1) is 8.13. The van der Waals surface area contributed by atoms with Gasteiger partial charge in [0.15, 0.2) is 0 Å². The molecule has 0 spiro atoms. The van der Waals surface area contributed by atoms with Crippen molar-refractivity contribution < 1.29 is 0 Å². The molecule has 1 aliphatic carbocycles. The van der Waals surface area contributed by atoms with Crippen molar-refractivity contribution in [2.24, 2.45) is 11.8 Å². The van der Waals surface area contributed by atoms with Crippen molar-refractivity contribution in [3.63, 3.8) is 0 Å². The maximum Gasteiger partial charge on any atom is 0.00938 e. The van der Waals surface area contributed by atoms with Crippen LogP contribution in [0.1, 0.15) is 52.9 Å². The van der Waals surface area contributed by atoms with Gasteiger partial charge in [-0.25, -0.2) is 0 Å². The summed E-state index contributed by atoms with van der Waals surface area (Å²) in [5.41, 5.74) is 0. The fourth-order valence-corrected chi connectivity index (χ4v) is 3.12. The van der Waals surface area contributed by atoms with Crippen LogP contribution < -0.4 is 5.32 Å². The summed E-state index contributed by atoms with van der Waals surface area (Å²) in [4.78, 5) is 2.63. The first-order valence-corrected chi connectivity index (χ1v) is 7.62. The Morgan fingerprint density at radius 3 is 2.24 bits per heavy atom. The largest absolute Gasteiger partial charge is 0.311 e. The van der Waals surface area contributed by atoms with Gasteiger partial charge in [0.25, 0.3) is 0 Å². The molecule has 1 atom stereocenters. The van der Waals surface area contributed by atoms with Crippen molar-refractivity contribution in [1.29, 1.82) is 0 Å². The van der Waals surface area contributed by atoms with Gasteiger partial charge in [0, 0.05) is 18.6 Å². The number of hydrogen-bond acceptors (Lipinski definition) is 2. The standard InChI is InChI=1S/C15H30N2/c1-12(2)11-17-8-6-15(7-9-17)16-13(3)10-14-4-5-14/h12-16H,4-11H2,1-3H3. The van der Waals surface area contributed by atoms with Crippen molar-refractivity contribution in [1.82, 2.24) is 10.2 Å². The van der Waals surface area contributed by atoms with E-state index in [4.69, 9.17) is 0 Å². The van der Waals surface area contributed by atoms with E-state index in [9.17, 15) is 0 Å². The molecule has 2 aliphatic rings. The molecule has 0 aromatic rings. The van der Waals surface area contributed by atoms with Gasteiger partial charge in [-0.3, -0.25) is 0 Å². The van der Waals surface area contributed by atoms with E-state index in [-0.39, 0.29) is 0 Å². The van der Waals surface area contributed by atoms with Crippen LogP contribution in [0.25, 0.3) is 0 Å². The lowest BCUT2D eigenvalue weighted by Crippen LogP contribution is -2.46. The van der Waals surface area contributed by atoms with Crippen LogP contribution in [0.5, 0.6) is 0 Å². The van der Waals surface area contributed by atoms with Gasteiger partial charge in [-0.2, -0.15) is 0 Å². The predicted molar refractivity (Wildman–Crippen MR) is 74.2 cm³/mol. The first-order valence-electron chi connectivity index (χ1n) is 7.62. The molecule has 17 heavy (non-hydrogen) atoms. The Balaban J connectivity index is 1.60. The molecule has 0 bridgehead atoms. The van der Waals surface area contributed by atoms with Gasteiger partial charge in [-0.15, -0.1) is 0 Å². The molecule has 0 aromatic carbocycles. The second kappa shape index (κ2) is 6.19. The second-order valence-electron chi connectivity index (χ2n) is 6.72. The monoisotopic (exact) mass is 238 g/mol. The smallest absolute Gasteiger partial charge is 0.00938 e. The second-order valence-corrected chi connectivity index (χ2v) is 6.72. The SMILES string of the molecule is CC(C)CN1CCC(NC(C)CC2CC2)CC1. The Morgan fingerprint density at radius 2 is 1.71 bits per heavy atom. The molecule has 1 heterocycles. The first kappa shape index (κ1) is 13.4. The minimum Gasteiger partial charge on any atom is -0.311 e. The average molecular weight is 238 g/mol. The van der Waals surface area contributed by atoms with Gasteiger partial charge >= 0.3 is 0 Å². The highest BCUT2D eigenvalue weighted by molar-refractivity contribution is 4.83. The third-order valence-corrected chi connectivity index (χ3v) is 4.11. The summed E-state index contributed by atoms with van der Waals surface area (Å²) in [6.45, 7) is 10.9. The molecule has 0 radical (unpaired) electrons. The number of hydrogen-bond donors (Lipinski definition) is 1. The van der Waals surface area contributed by atoms with Crippen LogP contribution in [-0.2, 0) is 0 Å². The fourth-order valence-electron chi connectivity index (χ4n) is 3.12. The van der Waals surface area contributed by atoms with Crippen LogP contribution in [0.2, 0.25) is 0 Å². The van der Waals surface area contributed by atoms with Crippen LogP contribution in [0.4, 0.5) is 0 Å². The zero-order valence-corrected chi connectivity index (χ0v) is 11.9. The molecule has 1 saturated carbocycles. The highest BCUT2D eigenvalue weighted by Gasteiger charge is 2.26. The summed E-state index contributed by atoms with van der Waals surface area (Å²) in [5, 5.41) is 3.84. The number of nitrogens with one attached hydrogen (secondary N) is 1. The van der Waals surface area contributed by atoms with E-state index in [2.05, 4.69) is 31.0 Å². The van der Waals surface area contributed by atoms with Gasteiger partial charge in [-0.05, 0) is 51.1 Å². The van der Waals surface area contributed by atoms with Gasteiger partial charge in [-0.1, -0.05) is 26.7 Å². The molecule has 1 N–H and O–H groups in total. The van der Waals surface area contributed by atoms with Crippen LogP contribution in [0, 0.1) is 11.8 Å². The van der Waals surface area contributed by atoms with Gasteiger partial charge in [0.2, 0.25) is 0 Å². The number of nitrogens with zero attached hydrogens (tertiary/aromatic N) is 1. The summed E-state index contributed by atoms with van der Waals surface area (Å²) in [6.07, 6.45) is 7.08. The number of piperidine rings is 1.